The maximum Gasteiger partial charge on any atom is 0.241 e. The van der Waals surface area contributed by atoms with Crippen LogP contribution in [-0.2, 0) is 11.2 Å². The van der Waals surface area contributed by atoms with E-state index in [0.717, 1.165) is 44.5 Å². The van der Waals surface area contributed by atoms with Gasteiger partial charge in [0.05, 0.1) is 12.1 Å². The van der Waals surface area contributed by atoms with Crippen LogP contribution < -0.4 is 5.32 Å². The summed E-state index contributed by atoms with van der Waals surface area (Å²) in [5.74, 6) is 0.266. The van der Waals surface area contributed by atoms with Crippen molar-refractivity contribution in [3.05, 3.63) is 29.8 Å². The van der Waals surface area contributed by atoms with Gasteiger partial charge in [-0.2, -0.15) is 5.26 Å². The second kappa shape index (κ2) is 5.64. The molecule has 0 saturated carbocycles. The SMILES string of the molecule is N#CC1CCN(C2CCc3ccccc3NC2=O)CC1. The number of carbonyl (C=O) groups excluding carboxylic acids is 1. The minimum atomic E-state index is -0.0537. The highest BCUT2D eigenvalue weighted by molar-refractivity contribution is 5.96. The number of anilines is 1. The summed E-state index contributed by atoms with van der Waals surface area (Å²) in [6.07, 6.45) is 3.55. The van der Waals surface area contributed by atoms with Gasteiger partial charge in [-0.1, -0.05) is 18.2 Å². The number of aryl methyl sites for hydroxylation is 1. The topological polar surface area (TPSA) is 56.1 Å². The van der Waals surface area contributed by atoms with E-state index in [-0.39, 0.29) is 17.9 Å². The highest BCUT2D eigenvalue weighted by Gasteiger charge is 2.31. The molecule has 1 saturated heterocycles. The molecule has 1 aromatic carbocycles. The number of para-hydroxylation sites is 1. The molecule has 2 aliphatic rings. The molecule has 1 aromatic rings. The molecule has 2 heterocycles. The Balaban J connectivity index is 1.71. The van der Waals surface area contributed by atoms with Crippen LogP contribution >= 0.6 is 0 Å². The number of amides is 1. The molecule has 4 heteroatoms. The molecular formula is C16H19N3O. The Kier molecular flexibility index (Phi) is 3.70. The molecule has 3 rings (SSSR count). The standard InChI is InChI=1S/C16H19N3O/c17-11-12-7-9-19(10-8-12)15-6-5-13-3-1-2-4-14(13)18-16(15)20/h1-4,12,15H,5-10H2,(H,18,20). The van der Waals surface area contributed by atoms with Gasteiger partial charge in [0.25, 0.3) is 0 Å². The fourth-order valence-electron chi connectivity index (χ4n) is 3.19. The van der Waals surface area contributed by atoms with Gasteiger partial charge >= 0.3 is 0 Å². The van der Waals surface area contributed by atoms with Gasteiger partial charge in [-0.25, -0.2) is 0 Å². The normalized spacial score (nSPS) is 24.4. The first-order valence-electron chi connectivity index (χ1n) is 7.30. The summed E-state index contributed by atoms with van der Waals surface area (Å²) in [5.41, 5.74) is 2.17. The zero-order chi connectivity index (χ0) is 13.9. The fraction of sp³-hybridized carbons (Fsp3) is 0.500. The van der Waals surface area contributed by atoms with Crippen molar-refractivity contribution in [2.24, 2.45) is 5.92 Å². The molecule has 1 N–H and O–H groups in total. The fourth-order valence-corrected chi connectivity index (χ4v) is 3.19. The Morgan fingerprint density at radius 1 is 1.20 bits per heavy atom. The van der Waals surface area contributed by atoms with E-state index in [0.29, 0.717) is 0 Å². The first-order valence-corrected chi connectivity index (χ1v) is 7.30. The highest BCUT2D eigenvalue weighted by Crippen LogP contribution is 2.26. The summed E-state index contributed by atoms with van der Waals surface area (Å²) in [7, 11) is 0. The van der Waals surface area contributed by atoms with E-state index in [1.807, 2.05) is 18.2 Å². The number of likely N-dealkylation sites (tertiary alicyclic amines) is 1. The first kappa shape index (κ1) is 13.1. The minimum absolute atomic E-state index is 0.0537. The van der Waals surface area contributed by atoms with Crippen LogP contribution in [-0.4, -0.2) is 29.9 Å². The van der Waals surface area contributed by atoms with Crippen molar-refractivity contribution in [2.45, 2.75) is 31.7 Å². The number of nitrogens with one attached hydrogen (secondary N) is 1. The second-order valence-electron chi connectivity index (χ2n) is 5.64. The molecule has 104 valence electrons. The van der Waals surface area contributed by atoms with Gasteiger partial charge in [0.15, 0.2) is 0 Å². The van der Waals surface area contributed by atoms with Gasteiger partial charge in [0.2, 0.25) is 5.91 Å². The van der Waals surface area contributed by atoms with Crippen molar-refractivity contribution in [3.63, 3.8) is 0 Å². The third-order valence-corrected chi connectivity index (χ3v) is 4.42. The molecule has 2 aliphatic heterocycles. The average molecular weight is 269 g/mol. The Morgan fingerprint density at radius 3 is 2.70 bits per heavy atom. The lowest BCUT2D eigenvalue weighted by atomic mass is 9.96. The number of hydrogen-bond donors (Lipinski definition) is 1. The summed E-state index contributed by atoms with van der Waals surface area (Å²) in [6.45, 7) is 1.71. The maximum atomic E-state index is 12.4. The third-order valence-electron chi connectivity index (χ3n) is 4.42. The minimum Gasteiger partial charge on any atom is -0.324 e. The predicted octanol–water partition coefficient (Wildman–Crippen LogP) is 2.18. The molecule has 4 nitrogen and oxygen atoms in total. The lowest BCUT2D eigenvalue weighted by molar-refractivity contribution is -0.121. The number of fused-ring (bicyclic) bond motifs is 1. The molecule has 0 aliphatic carbocycles. The zero-order valence-electron chi connectivity index (χ0n) is 11.5. The van der Waals surface area contributed by atoms with E-state index in [9.17, 15) is 4.79 Å². The van der Waals surface area contributed by atoms with Crippen LogP contribution in [0.4, 0.5) is 5.69 Å². The van der Waals surface area contributed by atoms with E-state index in [1.54, 1.807) is 0 Å². The lowest BCUT2D eigenvalue weighted by Crippen LogP contribution is -2.47. The van der Waals surface area contributed by atoms with Gasteiger partial charge in [-0.15, -0.1) is 0 Å². The van der Waals surface area contributed by atoms with E-state index in [2.05, 4.69) is 22.4 Å². The molecule has 0 radical (unpaired) electrons. The molecule has 0 bridgehead atoms. The van der Waals surface area contributed by atoms with Crippen LogP contribution in [0.5, 0.6) is 0 Å². The van der Waals surface area contributed by atoms with Crippen molar-refractivity contribution in [1.29, 1.82) is 5.26 Å². The summed E-state index contributed by atoms with van der Waals surface area (Å²) in [6, 6.07) is 10.3. The first-order chi connectivity index (χ1) is 9.78. The van der Waals surface area contributed by atoms with Gasteiger partial charge < -0.3 is 5.32 Å². The smallest absolute Gasteiger partial charge is 0.241 e. The quantitative estimate of drug-likeness (QED) is 0.850. The molecule has 20 heavy (non-hydrogen) atoms. The van der Waals surface area contributed by atoms with Gasteiger partial charge in [-0.05, 0) is 37.3 Å². The maximum absolute atomic E-state index is 12.4. The molecule has 0 aromatic heterocycles. The Labute approximate surface area is 119 Å². The number of benzene rings is 1. The van der Waals surface area contributed by atoms with Crippen LogP contribution in [0, 0.1) is 17.2 Å². The molecular weight excluding hydrogens is 250 g/mol. The van der Waals surface area contributed by atoms with E-state index in [1.165, 1.54) is 5.56 Å². The number of nitrogens with zero attached hydrogens (tertiary/aromatic N) is 2. The number of nitriles is 1. The molecule has 1 amide bonds. The average Bonchev–Trinajstić information content (AvgIpc) is 2.66. The summed E-state index contributed by atoms with van der Waals surface area (Å²) in [5, 5.41) is 12.0. The van der Waals surface area contributed by atoms with E-state index >= 15 is 0 Å². The number of rotatable bonds is 1. The molecule has 1 unspecified atom stereocenters. The lowest BCUT2D eigenvalue weighted by Gasteiger charge is -2.34. The van der Waals surface area contributed by atoms with Crippen molar-refractivity contribution in [1.82, 2.24) is 4.90 Å². The van der Waals surface area contributed by atoms with Crippen molar-refractivity contribution >= 4 is 11.6 Å². The number of carbonyl (C=O) groups is 1. The molecule has 0 spiro atoms. The largest absolute Gasteiger partial charge is 0.324 e. The van der Waals surface area contributed by atoms with Crippen LogP contribution in [0.15, 0.2) is 24.3 Å². The third kappa shape index (κ3) is 2.54. The van der Waals surface area contributed by atoms with Crippen molar-refractivity contribution in [2.75, 3.05) is 18.4 Å². The summed E-state index contributed by atoms with van der Waals surface area (Å²) < 4.78 is 0. The number of piperidine rings is 1. The van der Waals surface area contributed by atoms with Gasteiger partial charge in [-0.3, -0.25) is 9.69 Å². The Morgan fingerprint density at radius 2 is 1.95 bits per heavy atom. The highest BCUT2D eigenvalue weighted by atomic mass is 16.2. The second-order valence-corrected chi connectivity index (χ2v) is 5.64. The number of hydrogen-bond acceptors (Lipinski definition) is 3. The monoisotopic (exact) mass is 269 g/mol. The van der Waals surface area contributed by atoms with E-state index in [4.69, 9.17) is 5.26 Å². The summed E-state index contributed by atoms with van der Waals surface area (Å²) >= 11 is 0. The van der Waals surface area contributed by atoms with E-state index < -0.39 is 0 Å². The molecule has 1 fully saturated rings. The predicted molar refractivity (Wildman–Crippen MR) is 77.1 cm³/mol. The Hall–Kier alpha value is -1.86. The summed E-state index contributed by atoms with van der Waals surface area (Å²) in [4.78, 5) is 14.7. The van der Waals surface area contributed by atoms with Gasteiger partial charge in [0, 0.05) is 24.7 Å². The van der Waals surface area contributed by atoms with Crippen molar-refractivity contribution in [3.8, 4) is 6.07 Å². The molecule has 1 atom stereocenters. The van der Waals surface area contributed by atoms with Crippen molar-refractivity contribution < 1.29 is 4.79 Å². The van der Waals surface area contributed by atoms with Gasteiger partial charge in [0.1, 0.15) is 0 Å². The van der Waals surface area contributed by atoms with Crippen LogP contribution in [0.3, 0.4) is 0 Å². The van der Waals surface area contributed by atoms with Crippen LogP contribution in [0.2, 0.25) is 0 Å². The Bertz CT molecular complexity index is 541. The van der Waals surface area contributed by atoms with Crippen LogP contribution in [0.1, 0.15) is 24.8 Å². The van der Waals surface area contributed by atoms with Crippen LogP contribution in [0.25, 0.3) is 0 Å². The zero-order valence-corrected chi connectivity index (χ0v) is 11.5.